The summed E-state index contributed by atoms with van der Waals surface area (Å²) in [5, 5.41) is 0.478. The summed E-state index contributed by atoms with van der Waals surface area (Å²) in [6.07, 6.45) is 1.76. The second kappa shape index (κ2) is 11.2. The van der Waals surface area contributed by atoms with Crippen molar-refractivity contribution in [2.75, 3.05) is 26.7 Å². The minimum absolute atomic E-state index is 0.105. The number of nitrogens with zero attached hydrogens (tertiary/aromatic N) is 2. The van der Waals surface area contributed by atoms with Gasteiger partial charge < -0.3 is 9.64 Å². The van der Waals surface area contributed by atoms with Gasteiger partial charge >= 0.3 is 0 Å². The summed E-state index contributed by atoms with van der Waals surface area (Å²) in [5.41, 5.74) is 1.48. The van der Waals surface area contributed by atoms with Crippen molar-refractivity contribution in [1.29, 1.82) is 0 Å². The lowest BCUT2D eigenvalue weighted by Crippen LogP contribution is -2.46. The van der Waals surface area contributed by atoms with Gasteiger partial charge in [0.15, 0.2) is 0 Å². The zero-order valence-corrected chi connectivity index (χ0v) is 21.2. The van der Waals surface area contributed by atoms with Gasteiger partial charge in [0.25, 0.3) is 5.91 Å². The van der Waals surface area contributed by atoms with Crippen molar-refractivity contribution in [2.45, 2.75) is 30.2 Å². The molecule has 1 atom stereocenters. The topological polar surface area (TPSA) is 66.9 Å². The summed E-state index contributed by atoms with van der Waals surface area (Å²) in [6, 6.07) is 22.7. The first-order valence-corrected chi connectivity index (χ1v) is 13.5. The van der Waals surface area contributed by atoms with E-state index in [9.17, 15) is 13.2 Å². The highest BCUT2D eigenvalue weighted by atomic mass is 35.5. The van der Waals surface area contributed by atoms with Gasteiger partial charge in [0.2, 0.25) is 10.0 Å². The van der Waals surface area contributed by atoms with Crippen LogP contribution in [0.15, 0.2) is 83.8 Å². The molecule has 1 heterocycles. The van der Waals surface area contributed by atoms with E-state index in [-0.39, 0.29) is 17.4 Å². The van der Waals surface area contributed by atoms with Crippen molar-refractivity contribution < 1.29 is 17.9 Å². The van der Waals surface area contributed by atoms with E-state index in [4.69, 9.17) is 16.3 Å². The molecule has 8 heteroatoms. The van der Waals surface area contributed by atoms with Crippen molar-refractivity contribution in [1.82, 2.24) is 9.21 Å². The van der Waals surface area contributed by atoms with Gasteiger partial charge in [0, 0.05) is 25.2 Å². The van der Waals surface area contributed by atoms with Crippen LogP contribution in [0.2, 0.25) is 5.02 Å². The third-order valence-corrected chi connectivity index (χ3v) is 8.38. The van der Waals surface area contributed by atoms with Gasteiger partial charge in [-0.05, 0) is 61.2 Å². The molecule has 0 saturated heterocycles. The van der Waals surface area contributed by atoms with Crippen LogP contribution >= 0.6 is 11.6 Å². The zero-order valence-electron chi connectivity index (χ0n) is 19.6. The second-order valence-electron chi connectivity index (χ2n) is 8.65. The van der Waals surface area contributed by atoms with Gasteiger partial charge in [0.05, 0.1) is 16.5 Å². The molecule has 3 aromatic carbocycles. The molecule has 0 aromatic heterocycles. The zero-order chi connectivity index (χ0) is 24.8. The number of benzene rings is 3. The Morgan fingerprint density at radius 2 is 1.57 bits per heavy atom. The average molecular weight is 513 g/mol. The van der Waals surface area contributed by atoms with E-state index in [1.54, 1.807) is 46.6 Å². The van der Waals surface area contributed by atoms with Crippen LogP contribution in [0, 0.1) is 0 Å². The lowest BCUT2D eigenvalue weighted by molar-refractivity contribution is 0.0781. The molecule has 1 amide bonds. The molecule has 4 rings (SSSR count). The van der Waals surface area contributed by atoms with E-state index in [0.29, 0.717) is 48.7 Å². The predicted molar refractivity (Wildman–Crippen MR) is 137 cm³/mol. The molecule has 0 saturated carbocycles. The summed E-state index contributed by atoms with van der Waals surface area (Å²) in [7, 11) is -2.07. The van der Waals surface area contributed by atoms with Crippen molar-refractivity contribution in [3.63, 3.8) is 0 Å². The number of carbonyl (C=O) groups excluding carboxylic acids is 1. The molecule has 0 spiro atoms. The molecule has 1 aliphatic heterocycles. The number of rotatable bonds is 4. The lowest BCUT2D eigenvalue weighted by Gasteiger charge is -2.32. The minimum Gasteiger partial charge on any atom is -0.491 e. The average Bonchev–Trinajstić information content (AvgIpc) is 2.86. The maximum atomic E-state index is 13.8. The van der Waals surface area contributed by atoms with Gasteiger partial charge in [-0.2, -0.15) is 4.31 Å². The Bertz CT molecular complexity index is 1250. The Balaban J connectivity index is 1.74. The summed E-state index contributed by atoms with van der Waals surface area (Å²) in [5.74, 6) is 0.346. The molecular weight excluding hydrogens is 484 g/mol. The first-order chi connectivity index (χ1) is 16.9. The lowest BCUT2D eigenvalue weighted by atomic mass is 10.1. The summed E-state index contributed by atoms with van der Waals surface area (Å²) in [6.45, 7) is 0.941. The van der Waals surface area contributed by atoms with E-state index < -0.39 is 16.1 Å². The van der Waals surface area contributed by atoms with Gasteiger partial charge in [0.1, 0.15) is 12.4 Å². The Morgan fingerprint density at radius 3 is 2.31 bits per heavy atom. The van der Waals surface area contributed by atoms with Crippen molar-refractivity contribution >= 4 is 27.5 Å². The standard InChI is InChI=1S/C27H29ClN2O4S/c1-29-17-7-8-18-30(35(32,33)24-15-13-22(28)14-16-24)23(19-21-9-3-2-4-10-21)20-34-26-12-6-5-11-25(26)27(29)31/h2-6,9-16,23H,7-8,17-20H2,1H3/t23-/m0/s1. The maximum Gasteiger partial charge on any atom is 0.257 e. The van der Waals surface area contributed by atoms with E-state index >= 15 is 0 Å². The Morgan fingerprint density at radius 1 is 0.914 bits per heavy atom. The number of carbonyl (C=O) groups is 1. The van der Waals surface area contributed by atoms with Crippen molar-refractivity contribution in [3.8, 4) is 5.75 Å². The molecule has 3 aromatic rings. The number of halogens is 1. The number of hydrogen-bond acceptors (Lipinski definition) is 4. The Kier molecular flexibility index (Phi) is 8.11. The van der Waals surface area contributed by atoms with E-state index in [1.807, 2.05) is 36.4 Å². The fourth-order valence-electron chi connectivity index (χ4n) is 4.25. The van der Waals surface area contributed by atoms with E-state index in [2.05, 4.69) is 0 Å². The van der Waals surface area contributed by atoms with Crippen LogP contribution in [0.3, 0.4) is 0 Å². The number of hydrogen-bond donors (Lipinski definition) is 0. The van der Waals surface area contributed by atoms with Crippen LogP contribution in [0.25, 0.3) is 0 Å². The van der Waals surface area contributed by atoms with Crippen LogP contribution in [-0.2, 0) is 16.4 Å². The number of sulfonamides is 1. The highest BCUT2D eigenvalue weighted by Crippen LogP contribution is 2.26. The minimum atomic E-state index is -3.82. The van der Waals surface area contributed by atoms with Crippen LogP contribution in [-0.4, -0.2) is 56.3 Å². The largest absolute Gasteiger partial charge is 0.491 e. The van der Waals surface area contributed by atoms with Crippen LogP contribution < -0.4 is 4.74 Å². The maximum absolute atomic E-state index is 13.8. The predicted octanol–water partition coefficient (Wildman–Crippen LogP) is 4.89. The highest BCUT2D eigenvalue weighted by molar-refractivity contribution is 7.89. The van der Waals surface area contributed by atoms with Gasteiger partial charge in [-0.3, -0.25) is 4.79 Å². The molecule has 0 bridgehead atoms. The molecule has 1 aliphatic rings. The van der Waals surface area contributed by atoms with Crippen LogP contribution in [0.1, 0.15) is 28.8 Å². The van der Waals surface area contributed by atoms with Crippen LogP contribution in [0.4, 0.5) is 0 Å². The molecule has 6 nitrogen and oxygen atoms in total. The molecule has 0 N–H and O–H groups in total. The number of ether oxygens (including phenoxy) is 1. The fourth-order valence-corrected chi connectivity index (χ4v) is 6.02. The molecule has 0 fully saturated rings. The normalized spacial score (nSPS) is 18.2. The fraction of sp³-hybridized carbons (Fsp3) is 0.296. The Hall–Kier alpha value is -2.87. The van der Waals surface area contributed by atoms with Gasteiger partial charge in [-0.15, -0.1) is 0 Å². The third kappa shape index (κ3) is 6.04. The van der Waals surface area contributed by atoms with E-state index in [1.165, 1.54) is 12.1 Å². The quantitative estimate of drug-likeness (QED) is 0.499. The highest BCUT2D eigenvalue weighted by Gasteiger charge is 2.33. The van der Waals surface area contributed by atoms with Crippen molar-refractivity contribution in [2.24, 2.45) is 0 Å². The molecule has 0 aliphatic carbocycles. The molecular formula is C27H29ClN2O4S. The number of amides is 1. The molecule has 0 radical (unpaired) electrons. The number of fused-ring (bicyclic) bond motifs is 1. The van der Waals surface area contributed by atoms with Crippen molar-refractivity contribution in [3.05, 3.63) is 95.0 Å². The third-order valence-electron chi connectivity index (χ3n) is 6.16. The monoisotopic (exact) mass is 512 g/mol. The smallest absolute Gasteiger partial charge is 0.257 e. The first kappa shape index (κ1) is 25.2. The summed E-state index contributed by atoms with van der Waals surface area (Å²) < 4.78 is 35.4. The molecule has 0 unspecified atom stereocenters. The summed E-state index contributed by atoms with van der Waals surface area (Å²) in [4.78, 5) is 14.8. The van der Waals surface area contributed by atoms with Gasteiger partial charge in [-0.1, -0.05) is 54.1 Å². The SMILES string of the molecule is CN1CCCCN(S(=O)(=O)c2ccc(Cl)cc2)[C@@H](Cc2ccccc2)COc2ccccc2C1=O. The second-order valence-corrected chi connectivity index (χ2v) is 11.0. The number of para-hydroxylation sites is 1. The van der Waals surface area contributed by atoms with E-state index in [0.717, 1.165) is 5.56 Å². The summed E-state index contributed by atoms with van der Waals surface area (Å²) >= 11 is 6.02. The molecule has 184 valence electrons. The van der Waals surface area contributed by atoms with Crippen LogP contribution in [0.5, 0.6) is 5.75 Å². The van der Waals surface area contributed by atoms with Gasteiger partial charge in [-0.25, -0.2) is 8.42 Å². The Labute approximate surface area is 212 Å². The molecule has 35 heavy (non-hydrogen) atoms. The first-order valence-electron chi connectivity index (χ1n) is 11.6.